The van der Waals surface area contributed by atoms with Crippen molar-refractivity contribution >= 4 is 23.4 Å². The predicted octanol–water partition coefficient (Wildman–Crippen LogP) is 3.87. The molecule has 0 spiro atoms. The van der Waals surface area contributed by atoms with Crippen LogP contribution in [0.15, 0.2) is 35.5 Å². The van der Waals surface area contributed by atoms with E-state index in [0.717, 1.165) is 17.8 Å². The van der Waals surface area contributed by atoms with Gasteiger partial charge in [-0.05, 0) is 18.2 Å². The summed E-state index contributed by atoms with van der Waals surface area (Å²) in [7, 11) is 0. The van der Waals surface area contributed by atoms with E-state index in [0.29, 0.717) is 22.9 Å². The summed E-state index contributed by atoms with van der Waals surface area (Å²) in [5.74, 6) is 0.446. The molecule has 2 N–H and O–H groups in total. The molecule has 2 aromatic rings. The first kappa shape index (κ1) is 16.1. The van der Waals surface area contributed by atoms with Gasteiger partial charge in [0.05, 0.1) is 5.69 Å². The molecule has 0 aliphatic carbocycles. The van der Waals surface area contributed by atoms with E-state index < -0.39 is 11.9 Å². The Hall–Kier alpha value is -1.31. The van der Waals surface area contributed by atoms with E-state index in [9.17, 15) is 13.2 Å². The number of hydrogen-bond acceptors (Lipinski definition) is 4. The minimum Gasteiger partial charge on any atom is -0.330 e. The lowest BCUT2D eigenvalue weighted by molar-refractivity contribution is -0.141. The molecule has 0 unspecified atom stereocenters. The highest BCUT2D eigenvalue weighted by Crippen LogP contribution is 2.32. The Bertz CT molecular complexity index is 617. The lowest BCUT2D eigenvalue weighted by Crippen LogP contribution is -2.10. The molecule has 0 saturated carbocycles. The van der Waals surface area contributed by atoms with Crippen molar-refractivity contribution in [3.05, 3.63) is 41.0 Å². The second-order valence-electron chi connectivity index (χ2n) is 4.06. The molecule has 0 saturated heterocycles. The molecule has 0 atom stereocenters. The number of rotatable bonds is 4. The van der Waals surface area contributed by atoms with Gasteiger partial charge in [-0.1, -0.05) is 35.5 Å². The van der Waals surface area contributed by atoms with Crippen molar-refractivity contribution in [1.29, 1.82) is 0 Å². The zero-order chi connectivity index (χ0) is 15.5. The average Bonchev–Trinajstić information content (AvgIpc) is 2.44. The van der Waals surface area contributed by atoms with Gasteiger partial charge in [0.15, 0.2) is 5.16 Å². The van der Waals surface area contributed by atoms with Crippen molar-refractivity contribution in [2.75, 3.05) is 12.3 Å². The predicted molar refractivity (Wildman–Crippen MR) is 77.3 cm³/mol. The van der Waals surface area contributed by atoms with E-state index in [2.05, 4.69) is 9.97 Å². The van der Waals surface area contributed by atoms with E-state index in [4.69, 9.17) is 17.3 Å². The molecule has 1 heterocycles. The van der Waals surface area contributed by atoms with Crippen molar-refractivity contribution in [2.45, 2.75) is 11.3 Å². The normalized spacial score (nSPS) is 11.7. The Kier molecular flexibility index (Phi) is 5.08. The molecule has 0 radical (unpaired) electrons. The number of halogens is 4. The Balaban J connectivity index is 2.46. The van der Waals surface area contributed by atoms with Gasteiger partial charge in [-0.3, -0.25) is 0 Å². The van der Waals surface area contributed by atoms with Crippen LogP contribution in [-0.2, 0) is 6.18 Å². The molecule has 0 aliphatic heterocycles. The molecule has 2 rings (SSSR count). The molecule has 0 aliphatic rings. The molecule has 0 fully saturated rings. The number of benzene rings is 1. The maximum atomic E-state index is 12.9. The first-order valence-corrected chi connectivity index (χ1v) is 7.31. The molecule has 1 aromatic carbocycles. The smallest absolute Gasteiger partial charge is 0.330 e. The van der Waals surface area contributed by atoms with Crippen LogP contribution in [-0.4, -0.2) is 22.3 Å². The highest BCUT2D eigenvalue weighted by molar-refractivity contribution is 7.99. The fraction of sp³-hybridized carbons (Fsp3) is 0.231. The van der Waals surface area contributed by atoms with E-state index in [-0.39, 0.29) is 10.9 Å². The number of alkyl halides is 3. The summed E-state index contributed by atoms with van der Waals surface area (Å²) >= 11 is 6.86. The summed E-state index contributed by atoms with van der Waals surface area (Å²) in [5.41, 5.74) is 5.13. The van der Waals surface area contributed by atoms with Crippen molar-refractivity contribution in [3.63, 3.8) is 0 Å². The van der Waals surface area contributed by atoms with E-state index >= 15 is 0 Å². The SMILES string of the molecule is NCCSc1nc(-c2ccc(Cl)cc2)cc(C(F)(F)F)n1. The van der Waals surface area contributed by atoms with Crippen molar-refractivity contribution in [1.82, 2.24) is 9.97 Å². The topological polar surface area (TPSA) is 51.8 Å². The molecule has 8 heteroatoms. The standard InChI is InChI=1S/C13H11ClF3N3S/c14-9-3-1-8(2-4-9)10-7-11(13(15,16)17)20-12(19-10)21-6-5-18/h1-4,7H,5-6,18H2. The number of nitrogens with zero attached hydrogens (tertiary/aromatic N) is 2. The first-order valence-electron chi connectivity index (χ1n) is 5.95. The number of aromatic nitrogens is 2. The van der Waals surface area contributed by atoms with Crippen LogP contribution in [0, 0.1) is 0 Å². The third-order valence-corrected chi connectivity index (χ3v) is 3.62. The van der Waals surface area contributed by atoms with E-state index in [1.165, 1.54) is 0 Å². The summed E-state index contributed by atoms with van der Waals surface area (Å²) in [6.45, 7) is 0.334. The maximum Gasteiger partial charge on any atom is 0.433 e. The lowest BCUT2D eigenvalue weighted by Gasteiger charge is -2.10. The Morgan fingerprint density at radius 3 is 2.38 bits per heavy atom. The number of hydrogen-bond donors (Lipinski definition) is 1. The lowest BCUT2D eigenvalue weighted by atomic mass is 10.1. The van der Waals surface area contributed by atoms with Crippen LogP contribution in [0.1, 0.15) is 5.69 Å². The van der Waals surface area contributed by atoms with E-state index in [1.807, 2.05) is 0 Å². The highest BCUT2D eigenvalue weighted by atomic mass is 35.5. The zero-order valence-corrected chi connectivity index (χ0v) is 12.3. The van der Waals surface area contributed by atoms with Crippen LogP contribution in [0.2, 0.25) is 5.02 Å². The van der Waals surface area contributed by atoms with Crippen LogP contribution in [0.3, 0.4) is 0 Å². The minimum absolute atomic E-state index is 0.0558. The summed E-state index contributed by atoms with van der Waals surface area (Å²) < 4.78 is 38.7. The van der Waals surface area contributed by atoms with Crippen LogP contribution in [0.5, 0.6) is 0 Å². The van der Waals surface area contributed by atoms with Gasteiger partial charge in [0.25, 0.3) is 0 Å². The van der Waals surface area contributed by atoms with Gasteiger partial charge in [-0.2, -0.15) is 13.2 Å². The highest BCUT2D eigenvalue weighted by Gasteiger charge is 2.33. The molecule has 112 valence electrons. The second-order valence-corrected chi connectivity index (χ2v) is 5.56. The van der Waals surface area contributed by atoms with Crippen LogP contribution in [0.4, 0.5) is 13.2 Å². The van der Waals surface area contributed by atoms with Crippen molar-refractivity contribution in [3.8, 4) is 11.3 Å². The summed E-state index contributed by atoms with van der Waals surface area (Å²) in [6.07, 6.45) is -4.53. The Labute approximate surface area is 128 Å². The van der Waals surface area contributed by atoms with Gasteiger partial charge in [0, 0.05) is 22.9 Å². The quantitative estimate of drug-likeness (QED) is 0.681. The van der Waals surface area contributed by atoms with E-state index in [1.54, 1.807) is 24.3 Å². The number of thioether (sulfide) groups is 1. The third kappa shape index (κ3) is 4.33. The monoisotopic (exact) mass is 333 g/mol. The third-order valence-electron chi connectivity index (χ3n) is 2.49. The van der Waals surface area contributed by atoms with Gasteiger partial charge < -0.3 is 5.73 Å². The molecular weight excluding hydrogens is 323 g/mol. The molecule has 0 bridgehead atoms. The Morgan fingerprint density at radius 2 is 1.81 bits per heavy atom. The zero-order valence-electron chi connectivity index (χ0n) is 10.7. The molecule has 21 heavy (non-hydrogen) atoms. The molecule has 1 aromatic heterocycles. The molecule has 0 amide bonds. The Morgan fingerprint density at radius 1 is 1.14 bits per heavy atom. The van der Waals surface area contributed by atoms with Gasteiger partial charge in [-0.15, -0.1) is 0 Å². The second kappa shape index (κ2) is 6.64. The van der Waals surface area contributed by atoms with Crippen molar-refractivity contribution < 1.29 is 13.2 Å². The van der Waals surface area contributed by atoms with Crippen LogP contribution >= 0.6 is 23.4 Å². The average molecular weight is 334 g/mol. The summed E-state index contributed by atoms with van der Waals surface area (Å²) in [6, 6.07) is 7.35. The van der Waals surface area contributed by atoms with Crippen molar-refractivity contribution in [2.24, 2.45) is 5.73 Å². The van der Waals surface area contributed by atoms with Gasteiger partial charge in [0.1, 0.15) is 5.69 Å². The first-order chi connectivity index (χ1) is 9.90. The van der Waals surface area contributed by atoms with Crippen LogP contribution in [0.25, 0.3) is 11.3 Å². The van der Waals surface area contributed by atoms with Crippen LogP contribution < -0.4 is 5.73 Å². The van der Waals surface area contributed by atoms with Gasteiger partial charge in [-0.25, -0.2) is 9.97 Å². The summed E-state index contributed by atoms with van der Waals surface area (Å²) in [5, 5.41) is 0.557. The molecular formula is C13H11ClF3N3S. The van der Waals surface area contributed by atoms with Gasteiger partial charge >= 0.3 is 6.18 Å². The summed E-state index contributed by atoms with van der Waals surface area (Å²) in [4.78, 5) is 7.67. The number of nitrogens with two attached hydrogens (primary N) is 1. The maximum absolute atomic E-state index is 12.9. The molecule has 3 nitrogen and oxygen atoms in total. The fourth-order valence-electron chi connectivity index (χ4n) is 1.55. The largest absolute Gasteiger partial charge is 0.433 e. The minimum atomic E-state index is -4.53. The van der Waals surface area contributed by atoms with Gasteiger partial charge in [0.2, 0.25) is 0 Å². The fourth-order valence-corrected chi connectivity index (χ4v) is 2.31.